The van der Waals surface area contributed by atoms with Crippen LogP contribution in [0.25, 0.3) is 0 Å². The van der Waals surface area contributed by atoms with Gasteiger partial charge in [-0.25, -0.2) is 4.79 Å². The van der Waals surface area contributed by atoms with Gasteiger partial charge in [0.05, 0.1) is 0 Å². The highest BCUT2D eigenvalue weighted by molar-refractivity contribution is 5.95. The third-order valence-corrected chi connectivity index (χ3v) is 1.92. The third-order valence-electron chi connectivity index (χ3n) is 1.92. The molecule has 64 valence electrons. The van der Waals surface area contributed by atoms with Gasteiger partial charge in [-0.15, -0.1) is 6.42 Å². The summed E-state index contributed by atoms with van der Waals surface area (Å²) in [6, 6.07) is -0.714. The van der Waals surface area contributed by atoms with Crippen LogP contribution in [0.3, 0.4) is 0 Å². The first kappa shape index (κ1) is 8.60. The molecule has 1 atom stereocenters. The van der Waals surface area contributed by atoms with Gasteiger partial charge < -0.3 is 10.0 Å². The van der Waals surface area contributed by atoms with Crippen LogP contribution in [0, 0.1) is 12.3 Å². The van der Waals surface area contributed by atoms with Crippen molar-refractivity contribution in [1.82, 2.24) is 4.90 Å². The van der Waals surface area contributed by atoms with Crippen LogP contribution in [-0.4, -0.2) is 34.5 Å². The molecule has 1 heterocycles. The van der Waals surface area contributed by atoms with E-state index >= 15 is 0 Å². The molecule has 0 aromatic carbocycles. The molecule has 1 rings (SSSR count). The van der Waals surface area contributed by atoms with E-state index in [1.165, 1.54) is 4.90 Å². The van der Waals surface area contributed by atoms with Gasteiger partial charge in [0.25, 0.3) is 5.91 Å². The molecule has 1 fully saturated rings. The largest absolute Gasteiger partial charge is 0.480 e. The molecule has 0 aromatic heterocycles. The van der Waals surface area contributed by atoms with Crippen LogP contribution >= 0.6 is 0 Å². The molecule has 0 bridgehead atoms. The normalized spacial score (nSPS) is 21.9. The molecule has 1 N–H and O–H groups in total. The Morgan fingerprint density at radius 2 is 2.25 bits per heavy atom. The molecule has 4 nitrogen and oxygen atoms in total. The van der Waals surface area contributed by atoms with Gasteiger partial charge in [-0.1, -0.05) is 0 Å². The third kappa shape index (κ3) is 1.40. The molecule has 1 aliphatic heterocycles. The van der Waals surface area contributed by atoms with Crippen molar-refractivity contribution < 1.29 is 14.7 Å². The number of carbonyl (C=O) groups is 2. The molecule has 0 aromatic rings. The topological polar surface area (TPSA) is 57.6 Å². The molecular formula is C8H9NO3. The standard InChI is InChI=1S/C8H9NO3/c1-2-7(10)9-5-3-4-6(9)8(11)12/h1,6H,3-5H2,(H,11,12)/t6-/m0/s1. The van der Waals surface area contributed by atoms with Crippen molar-refractivity contribution >= 4 is 11.9 Å². The van der Waals surface area contributed by atoms with Crippen LogP contribution in [0.4, 0.5) is 0 Å². The highest BCUT2D eigenvalue weighted by Crippen LogP contribution is 2.16. The van der Waals surface area contributed by atoms with Gasteiger partial charge in [-0.3, -0.25) is 4.79 Å². The van der Waals surface area contributed by atoms with E-state index in [1.807, 2.05) is 5.92 Å². The Hall–Kier alpha value is -1.50. The van der Waals surface area contributed by atoms with Crippen molar-refractivity contribution in [2.24, 2.45) is 0 Å². The number of amides is 1. The van der Waals surface area contributed by atoms with Crippen LogP contribution in [0.1, 0.15) is 12.8 Å². The lowest BCUT2D eigenvalue weighted by atomic mass is 10.2. The van der Waals surface area contributed by atoms with Crippen molar-refractivity contribution in [2.45, 2.75) is 18.9 Å². The van der Waals surface area contributed by atoms with Gasteiger partial charge in [0.1, 0.15) is 6.04 Å². The Bertz CT molecular complexity index is 254. The minimum absolute atomic E-state index is 0.458. The van der Waals surface area contributed by atoms with Crippen LogP contribution in [0.15, 0.2) is 0 Å². The van der Waals surface area contributed by atoms with Crippen molar-refractivity contribution in [1.29, 1.82) is 0 Å². The number of carbonyl (C=O) groups excluding carboxylic acids is 1. The Kier molecular flexibility index (Phi) is 2.34. The zero-order valence-corrected chi connectivity index (χ0v) is 6.49. The summed E-state index contributed by atoms with van der Waals surface area (Å²) in [4.78, 5) is 22.7. The molecular weight excluding hydrogens is 158 g/mol. The van der Waals surface area contributed by atoms with Gasteiger partial charge in [0, 0.05) is 6.54 Å². The summed E-state index contributed by atoms with van der Waals surface area (Å²) in [5.41, 5.74) is 0. The Balaban J connectivity index is 2.72. The lowest BCUT2D eigenvalue weighted by Crippen LogP contribution is -2.39. The molecule has 4 heteroatoms. The predicted octanol–water partition coefficient (Wildman–Crippen LogP) is -0.305. The maximum atomic E-state index is 11.0. The van der Waals surface area contributed by atoms with E-state index in [2.05, 4.69) is 0 Å². The van der Waals surface area contributed by atoms with E-state index in [0.717, 1.165) is 0 Å². The summed E-state index contributed by atoms with van der Waals surface area (Å²) in [7, 11) is 0. The summed E-state index contributed by atoms with van der Waals surface area (Å²) in [6.45, 7) is 0.458. The maximum absolute atomic E-state index is 11.0. The lowest BCUT2D eigenvalue weighted by Gasteiger charge is -2.17. The number of likely N-dealkylation sites (tertiary alicyclic amines) is 1. The first-order valence-corrected chi connectivity index (χ1v) is 3.67. The molecule has 12 heavy (non-hydrogen) atoms. The van der Waals surface area contributed by atoms with Crippen molar-refractivity contribution in [3.05, 3.63) is 0 Å². The SMILES string of the molecule is C#CC(=O)N1CCC[C@H]1C(=O)O. The van der Waals surface area contributed by atoms with E-state index in [0.29, 0.717) is 19.4 Å². The van der Waals surface area contributed by atoms with Crippen LogP contribution in [-0.2, 0) is 9.59 Å². The molecule has 0 radical (unpaired) electrons. The summed E-state index contributed by atoms with van der Waals surface area (Å²) in [5, 5.41) is 8.67. The summed E-state index contributed by atoms with van der Waals surface area (Å²) < 4.78 is 0. The number of aliphatic carboxylic acids is 1. The number of carboxylic acids is 1. The molecule has 1 amide bonds. The van der Waals surface area contributed by atoms with Gasteiger partial charge in [-0.05, 0) is 18.8 Å². The molecule has 0 unspecified atom stereocenters. The first-order chi connectivity index (χ1) is 5.66. The Morgan fingerprint density at radius 1 is 1.58 bits per heavy atom. The minimum Gasteiger partial charge on any atom is -0.480 e. The molecule has 1 saturated heterocycles. The summed E-state index contributed by atoms with van der Waals surface area (Å²) in [6.07, 6.45) is 6.10. The predicted molar refractivity (Wildman–Crippen MR) is 41.2 cm³/mol. The van der Waals surface area contributed by atoms with Gasteiger partial charge in [0.2, 0.25) is 0 Å². The van der Waals surface area contributed by atoms with Crippen LogP contribution < -0.4 is 0 Å². The quantitative estimate of drug-likeness (QED) is 0.545. The Labute approximate surface area is 70.2 Å². The van der Waals surface area contributed by atoms with Crippen LogP contribution in [0.5, 0.6) is 0 Å². The van der Waals surface area contributed by atoms with Crippen molar-refractivity contribution in [3.8, 4) is 12.3 Å². The lowest BCUT2D eigenvalue weighted by molar-refractivity contribution is -0.146. The van der Waals surface area contributed by atoms with E-state index < -0.39 is 17.9 Å². The average molecular weight is 167 g/mol. The minimum atomic E-state index is -0.976. The molecule has 0 aliphatic carbocycles. The molecule has 0 saturated carbocycles. The van der Waals surface area contributed by atoms with E-state index in [-0.39, 0.29) is 0 Å². The highest BCUT2D eigenvalue weighted by Gasteiger charge is 2.32. The fourth-order valence-corrected chi connectivity index (χ4v) is 1.35. The number of carboxylic acid groups (broad SMARTS) is 1. The van der Waals surface area contributed by atoms with Gasteiger partial charge >= 0.3 is 5.97 Å². The Morgan fingerprint density at radius 3 is 2.75 bits per heavy atom. The van der Waals surface area contributed by atoms with E-state index in [1.54, 1.807) is 0 Å². The second-order valence-electron chi connectivity index (χ2n) is 2.64. The fourth-order valence-electron chi connectivity index (χ4n) is 1.35. The zero-order chi connectivity index (χ0) is 9.14. The number of hydrogen-bond acceptors (Lipinski definition) is 2. The second kappa shape index (κ2) is 3.26. The second-order valence-corrected chi connectivity index (χ2v) is 2.64. The smallest absolute Gasteiger partial charge is 0.326 e. The van der Waals surface area contributed by atoms with Gasteiger partial charge in [-0.2, -0.15) is 0 Å². The first-order valence-electron chi connectivity index (χ1n) is 3.67. The monoisotopic (exact) mass is 167 g/mol. The van der Waals surface area contributed by atoms with Crippen molar-refractivity contribution in [2.75, 3.05) is 6.54 Å². The highest BCUT2D eigenvalue weighted by atomic mass is 16.4. The van der Waals surface area contributed by atoms with E-state index in [4.69, 9.17) is 11.5 Å². The number of terminal acetylenes is 1. The average Bonchev–Trinajstić information content (AvgIpc) is 2.50. The molecule has 0 spiro atoms. The maximum Gasteiger partial charge on any atom is 0.326 e. The number of hydrogen-bond donors (Lipinski definition) is 1. The number of nitrogens with zero attached hydrogens (tertiary/aromatic N) is 1. The zero-order valence-electron chi connectivity index (χ0n) is 6.49. The van der Waals surface area contributed by atoms with Crippen molar-refractivity contribution in [3.63, 3.8) is 0 Å². The van der Waals surface area contributed by atoms with Crippen LogP contribution in [0.2, 0.25) is 0 Å². The fraction of sp³-hybridized carbons (Fsp3) is 0.500. The number of rotatable bonds is 1. The summed E-state index contributed by atoms with van der Waals surface area (Å²) >= 11 is 0. The summed E-state index contributed by atoms with van der Waals surface area (Å²) in [5.74, 6) is 0.412. The van der Waals surface area contributed by atoms with Gasteiger partial charge in [0.15, 0.2) is 0 Å². The van der Waals surface area contributed by atoms with E-state index in [9.17, 15) is 9.59 Å². The molecule has 1 aliphatic rings.